The van der Waals surface area contributed by atoms with Crippen molar-refractivity contribution >= 4 is 6.03 Å². The van der Waals surface area contributed by atoms with Crippen molar-refractivity contribution in [2.24, 2.45) is 0 Å². The first-order valence-electron chi connectivity index (χ1n) is 6.59. The van der Waals surface area contributed by atoms with E-state index in [1.165, 1.54) is 0 Å². The van der Waals surface area contributed by atoms with E-state index in [1.54, 1.807) is 0 Å². The Balaban J connectivity index is 1.99. The number of hydrogen-bond donors (Lipinski definition) is 1. The molecule has 18 heavy (non-hydrogen) atoms. The number of carbonyl (C=O) groups is 1. The van der Waals surface area contributed by atoms with E-state index in [1.807, 2.05) is 18.7 Å². The van der Waals surface area contributed by atoms with Gasteiger partial charge in [0.05, 0.1) is 0 Å². The number of hydrogen-bond acceptors (Lipinski definition) is 4. The molecular weight excluding hydrogens is 232 g/mol. The average Bonchev–Trinajstić information content (AvgIpc) is 2.88. The van der Waals surface area contributed by atoms with Crippen molar-refractivity contribution in [3.05, 3.63) is 11.7 Å². The van der Waals surface area contributed by atoms with Gasteiger partial charge in [-0.05, 0) is 19.8 Å². The molecule has 1 aromatic rings. The molecular formula is C12H20N4O2. The molecule has 1 N–H and O–H groups in total. The number of likely N-dealkylation sites (tertiary alicyclic amines) is 1. The normalized spacial score (nSPS) is 19.9. The van der Waals surface area contributed by atoms with Crippen LogP contribution in [0.15, 0.2) is 4.52 Å². The second-order valence-corrected chi connectivity index (χ2v) is 4.52. The molecule has 0 radical (unpaired) electrons. The fourth-order valence-corrected chi connectivity index (χ4v) is 2.21. The maximum atomic E-state index is 11.8. The molecule has 6 nitrogen and oxygen atoms in total. The summed E-state index contributed by atoms with van der Waals surface area (Å²) in [5.41, 5.74) is 0. The molecule has 100 valence electrons. The summed E-state index contributed by atoms with van der Waals surface area (Å²) < 4.78 is 5.13. The summed E-state index contributed by atoms with van der Waals surface area (Å²) in [5, 5.41) is 6.83. The Kier molecular flexibility index (Phi) is 4.17. The molecule has 2 rings (SSSR count). The largest absolute Gasteiger partial charge is 0.339 e. The summed E-state index contributed by atoms with van der Waals surface area (Å²) >= 11 is 0. The zero-order valence-corrected chi connectivity index (χ0v) is 11.0. The van der Waals surface area contributed by atoms with Gasteiger partial charge < -0.3 is 14.7 Å². The van der Waals surface area contributed by atoms with E-state index in [2.05, 4.69) is 15.5 Å². The average molecular weight is 252 g/mol. The summed E-state index contributed by atoms with van der Waals surface area (Å²) in [6, 6.07) is 0.00131. The van der Waals surface area contributed by atoms with Crippen LogP contribution in [0, 0.1) is 0 Å². The van der Waals surface area contributed by atoms with Crippen LogP contribution in [-0.2, 0) is 6.42 Å². The summed E-state index contributed by atoms with van der Waals surface area (Å²) in [5.74, 6) is 1.60. The molecule has 0 aromatic carbocycles. The van der Waals surface area contributed by atoms with Crippen molar-refractivity contribution in [3.8, 4) is 0 Å². The zero-order valence-electron chi connectivity index (χ0n) is 11.0. The molecule has 0 saturated carbocycles. The Morgan fingerprint density at radius 1 is 1.56 bits per heavy atom. The second-order valence-electron chi connectivity index (χ2n) is 4.52. The van der Waals surface area contributed by atoms with E-state index in [0.717, 1.165) is 31.6 Å². The van der Waals surface area contributed by atoms with Crippen LogP contribution in [0.3, 0.4) is 0 Å². The predicted molar refractivity (Wildman–Crippen MR) is 66.3 cm³/mol. The maximum absolute atomic E-state index is 11.8. The molecule has 2 amide bonds. The minimum atomic E-state index is 0.00131. The number of rotatable bonds is 3. The molecule has 1 saturated heterocycles. The molecule has 1 aromatic heterocycles. The van der Waals surface area contributed by atoms with Crippen LogP contribution in [0.2, 0.25) is 0 Å². The number of aryl methyl sites for hydroxylation is 1. The summed E-state index contributed by atoms with van der Waals surface area (Å²) in [7, 11) is 0. The van der Waals surface area contributed by atoms with Gasteiger partial charge in [0.2, 0.25) is 5.89 Å². The van der Waals surface area contributed by atoms with Gasteiger partial charge in [-0.15, -0.1) is 0 Å². The monoisotopic (exact) mass is 252 g/mol. The quantitative estimate of drug-likeness (QED) is 0.885. The van der Waals surface area contributed by atoms with E-state index in [-0.39, 0.29) is 11.9 Å². The Morgan fingerprint density at radius 2 is 2.39 bits per heavy atom. The third-order valence-corrected chi connectivity index (χ3v) is 3.19. The van der Waals surface area contributed by atoms with Crippen LogP contribution < -0.4 is 5.32 Å². The lowest BCUT2D eigenvalue weighted by Gasteiger charge is -2.31. The van der Waals surface area contributed by atoms with Crippen molar-refractivity contribution < 1.29 is 9.32 Å². The van der Waals surface area contributed by atoms with E-state index >= 15 is 0 Å². The van der Waals surface area contributed by atoms with Gasteiger partial charge in [0.25, 0.3) is 0 Å². The molecule has 1 aliphatic heterocycles. The molecule has 1 fully saturated rings. The lowest BCUT2D eigenvalue weighted by Crippen LogP contribution is -2.45. The number of nitrogens with one attached hydrogen (secondary N) is 1. The highest BCUT2D eigenvalue weighted by molar-refractivity contribution is 5.74. The van der Waals surface area contributed by atoms with E-state index < -0.39 is 0 Å². The number of carbonyl (C=O) groups excluding carboxylic acids is 1. The fourth-order valence-electron chi connectivity index (χ4n) is 2.21. The minimum Gasteiger partial charge on any atom is -0.339 e. The number of nitrogens with zero attached hydrogens (tertiary/aromatic N) is 3. The van der Waals surface area contributed by atoms with Gasteiger partial charge in [-0.1, -0.05) is 12.1 Å². The Labute approximate surface area is 107 Å². The zero-order chi connectivity index (χ0) is 13.0. The molecule has 6 heteroatoms. The lowest BCUT2D eigenvalue weighted by atomic mass is 9.98. The SMILES string of the molecule is CCNC(=O)N1CCC[C@H](c2noc(CC)n2)C1. The van der Waals surface area contributed by atoms with Crippen molar-refractivity contribution in [2.75, 3.05) is 19.6 Å². The van der Waals surface area contributed by atoms with E-state index in [0.29, 0.717) is 19.0 Å². The Bertz CT molecular complexity index is 405. The van der Waals surface area contributed by atoms with Crippen LogP contribution in [0.5, 0.6) is 0 Å². The smallest absolute Gasteiger partial charge is 0.317 e. The first-order valence-corrected chi connectivity index (χ1v) is 6.59. The van der Waals surface area contributed by atoms with Gasteiger partial charge in [0.15, 0.2) is 5.82 Å². The van der Waals surface area contributed by atoms with Crippen LogP contribution >= 0.6 is 0 Å². The van der Waals surface area contributed by atoms with Gasteiger partial charge in [-0.25, -0.2) is 4.79 Å². The van der Waals surface area contributed by atoms with Crippen LogP contribution in [0.4, 0.5) is 4.79 Å². The maximum Gasteiger partial charge on any atom is 0.317 e. The summed E-state index contributed by atoms with van der Waals surface area (Å²) in [6.45, 7) is 6.04. The summed E-state index contributed by atoms with van der Waals surface area (Å²) in [6.07, 6.45) is 2.75. The molecule has 0 unspecified atom stereocenters. The first-order chi connectivity index (χ1) is 8.74. The molecule has 2 heterocycles. The lowest BCUT2D eigenvalue weighted by molar-refractivity contribution is 0.178. The van der Waals surface area contributed by atoms with Crippen molar-refractivity contribution in [1.82, 2.24) is 20.4 Å². The van der Waals surface area contributed by atoms with Crippen LogP contribution in [-0.4, -0.2) is 40.7 Å². The third-order valence-electron chi connectivity index (χ3n) is 3.19. The van der Waals surface area contributed by atoms with Gasteiger partial charge in [-0.3, -0.25) is 0 Å². The molecule has 1 atom stereocenters. The Hall–Kier alpha value is -1.59. The number of urea groups is 1. The van der Waals surface area contributed by atoms with Crippen LogP contribution in [0.25, 0.3) is 0 Å². The van der Waals surface area contributed by atoms with Gasteiger partial charge >= 0.3 is 6.03 Å². The number of amides is 2. The Morgan fingerprint density at radius 3 is 3.06 bits per heavy atom. The van der Waals surface area contributed by atoms with Crippen molar-refractivity contribution in [2.45, 2.75) is 39.0 Å². The van der Waals surface area contributed by atoms with Gasteiger partial charge in [-0.2, -0.15) is 4.98 Å². The minimum absolute atomic E-state index is 0.00131. The van der Waals surface area contributed by atoms with E-state index in [4.69, 9.17) is 4.52 Å². The highest BCUT2D eigenvalue weighted by Crippen LogP contribution is 2.24. The second kappa shape index (κ2) is 5.84. The molecule has 0 aliphatic carbocycles. The van der Waals surface area contributed by atoms with Crippen molar-refractivity contribution in [1.29, 1.82) is 0 Å². The molecule has 0 bridgehead atoms. The molecule has 1 aliphatic rings. The highest BCUT2D eigenvalue weighted by atomic mass is 16.5. The topological polar surface area (TPSA) is 71.3 Å². The van der Waals surface area contributed by atoms with Gasteiger partial charge in [0.1, 0.15) is 0 Å². The highest BCUT2D eigenvalue weighted by Gasteiger charge is 2.27. The van der Waals surface area contributed by atoms with E-state index in [9.17, 15) is 4.79 Å². The molecule has 0 spiro atoms. The summed E-state index contributed by atoms with van der Waals surface area (Å²) in [4.78, 5) is 18.0. The van der Waals surface area contributed by atoms with Crippen molar-refractivity contribution in [3.63, 3.8) is 0 Å². The predicted octanol–water partition coefficient (Wildman–Crippen LogP) is 1.54. The third kappa shape index (κ3) is 2.80. The number of piperidine rings is 1. The number of aromatic nitrogens is 2. The van der Waals surface area contributed by atoms with Gasteiger partial charge in [0, 0.05) is 32.0 Å². The standard InChI is InChI=1S/C12H20N4O2/c1-3-10-14-11(15-18-10)9-6-5-7-16(8-9)12(17)13-4-2/h9H,3-8H2,1-2H3,(H,13,17)/t9-/m0/s1. The first kappa shape index (κ1) is 12.9. The van der Waals surface area contributed by atoms with Crippen LogP contribution in [0.1, 0.15) is 44.3 Å². The fraction of sp³-hybridized carbons (Fsp3) is 0.750.